The fourth-order valence-electron chi connectivity index (χ4n) is 1.23. The summed E-state index contributed by atoms with van der Waals surface area (Å²) in [6.07, 6.45) is 2.09. The molecular weight excluding hydrogens is 164 g/mol. The largest absolute Gasteiger partial charge is 0.356 e. The van der Waals surface area contributed by atoms with Crippen molar-refractivity contribution >= 4 is 11.8 Å². The maximum atomic E-state index is 9.21. The van der Waals surface area contributed by atoms with Gasteiger partial charge in [0.05, 0.1) is 12.7 Å². The Labute approximate surface area is 68.7 Å². The second kappa shape index (κ2) is 2.46. The highest BCUT2D eigenvalue weighted by atomic mass is 32.2. The average molecular weight is 174 g/mol. The van der Waals surface area contributed by atoms with Crippen LogP contribution in [0.3, 0.4) is 0 Å². The fraction of sp³-hybridized carbons (Fsp3) is 0.667. The van der Waals surface area contributed by atoms with Crippen molar-refractivity contribution in [3.8, 4) is 0 Å². The van der Waals surface area contributed by atoms with E-state index < -0.39 is 5.12 Å². The summed E-state index contributed by atoms with van der Waals surface area (Å²) in [6.45, 7) is 1.00. The van der Waals surface area contributed by atoms with Crippen LogP contribution in [0.4, 0.5) is 0 Å². The summed E-state index contributed by atoms with van der Waals surface area (Å²) in [6, 6.07) is 0. The molecule has 0 spiro atoms. The molecule has 1 saturated heterocycles. The minimum Gasteiger partial charge on any atom is -0.356 e. The molecular formula is C6H10N2O2S. The van der Waals surface area contributed by atoms with Gasteiger partial charge in [-0.25, -0.2) is 0 Å². The lowest BCUT2D eigenvalue weighted by Crippen LogP contribution is -2.51. The first-order valence-electron chi connectivity index (χ1n) is 3.48. The molecule has 0 unspecified atom stereocenters. The molecule has 2 aliphatic heterocycles. The predicted octanol–water partition coefficient (Wildman–Crippen LogP) is -1.23. The van der Waals surface area contributed by atoms with Crippen LogP contribution in [0.15, 0.2) is 11.0 Å². The van der Waals surface area contributed by atoms with Crippen molar-refractivity contribution in [2.75, 3.05) is 13.1 Å². The molecule has 0 aromatic carbocycles. The Morgan fingerprint density at radius 2 is 2.36 bits per heavy atom. The van der Waals surface area contributed by atoms with Crippen LogP contribution >= 0.6 is 11.8 Å². The molecule has 11 heavy (non-hydrogen) atoms. The number of hydrogen-bond donors (Lipinski definition) is 4. The van der Waals surface area contributed by atoms with Crippen molar-refractivity contribution < 1.29 is 10.2 Å². The molecule has 4 N–H and O–H groups in total. The summed E-state index contributed by atoms with van der Waals surface area (Å²) in [7, 11) is 0. The molecule has 2 aliphatic rings. The molecule has 0 saturated carbocycles. The highest BCUT2D eigenvalue weighted by Gasteiger charge is 2.36. The minimum atomic E-state index is -1.63. The lowest BCUT2D eigenvalue weighted by atomic mass is 10.4. The van der Waals surface area contributed by atoms with E-state index in [9.17, 15) is 10.2 Å². The molecule has 0 aromatic rings. The quantitative estimate of drug-likeness (QED) is 0.347. The zero-order chi connectivity index (χ0) is 7.90. The van der Waals surface area contributed by atoms with Crippen molar-refractivity contribution in [3.05, 3.63) is 11.0 Å². The molecule has 0 radical (unpaired) electrons. The zero-order valence-corrected chi connectivity index (χ0v) is 6.69. The Hall–Kier alpha value is -0.0700. The smallest absolute Gasteiger partial charge is 0.230 e. The highest BCUT2D eigenvalue weighted by Crippen LogP contribution is 2.34. The van der Waals surface area contributed by atoms with Gasteiger partial charge in [-0.05, 0) is 0 Å². The van der Waals surface area contributed by atoms with E-state index in [1.165, 1.54) is 0 Å². The molecule has 2 heterocycles. The number of aliphatic hydroxyl groups is 2. The van der Waals surface area contributed by atoms with E-state index in [1.54, 1.807) is 0 Å². The summed E-state index contributed by atoms with van der Waals surface area (Å²) in [5.74, 6) is 0. The van der Waals surface area contributed by atoms with Crippen LogP contribution in [0.1, 0.15) is 0 Å². The number of β-amino-alcohol motifs (C(OH)–C–C–N with tert-alkyl or cyclic N) is 2. The van der Waals surface area contributed by atoms with Crippen molar-refractivity contribution in [1.82, 2.24) is 10.6 Å². The van der Waals surface area contributed by atoms with Crippen LogP contribution < -0.4 is 10.6 Å². The van der Waals surface area contributed by atoms with Gasteiger partial charge in [0.2, 0.25) is 5.12 Å². The van der Waals surface area contributed by atoms with E-state index in [0.29, 0.717) is 0 Å². The first kappa shape index (κ1) is 7.57. The van der Waals surface area contributed by atoms with E-state index in [-0.39, 0.29) is 12.7 Å². The van der Waals surface area contributed by atoms with E-state index in [1.807, 2.05) is 6.08 Å². The van der Waals surface area contributed by atoms with Gasteiger partial charge in [-0.2, -0.15) is 0 Å². The molecule has 0 bridgehead atoms. The van der Waals surface area contributed by atoms with E-state index >= 15 is 0 Å². The zero-order valence-electron chi connectivity index (χ0n) is 5.87. The predicted molar refractivity (Wildman–Crippen MR) is 42.6 cm³/mol. The number of hydrogen-bond acceptors (Lipinski definition) is 5. The van der Waals surface area contributed by atoms with Crippen LogP contribution in [0.2, 0.25) is 0 Å². The highest BCUT2D eigenvalue weighted by molar-refractivity contribution is 8.04. The van der Waals surface area contributed by atoms with Gasteiger partial charge in [0.1, 0.15) is 0 Å². The van der Waals surface area contributed by atoms with Gasteiger partial charge in [0.25, 0.3) is 0 Å². The molecule has 0 aliphatic carbocycles. The summed E-state index contributed by atoms with van der Waals surface area (Å²) in [5, 5.41) is 22.9. The van der Waals surface area contributed by atoms with Gasteiger partial charge >= 0.3 is 0 Å². The fourth-order valence-corrected chi connectivity index (χ4v) is 2.21. The molecule has 1 atom stereocenters. The molecule has 0 aromatic heterocycles. The van der Waals surface area contributed by atoms with Gasteiger partial charge in [-0.3, -0.25) is 10.6 Å². The van der Waals surface area contributed by atoms with Crippen LogP contribution in [0.25, 0.3) is 0 Å². The second-order valence-electron chi connectivity index (χ2n) is 2.67. The molecule has 2 rings (SSSR count). The van der Waals surface area contributed by atoms with Gasteiger partial charge in [0.15, 0.2) is 0 Å². The van der Waals surface area contributed by atoms with Crippen LogP contribution in [0, 0.1) is 0 Å². The first-order chi connectivity index (χ1) is 5.17. The van der Waals surface area contributed by atoms with Crippen molar-refractivity contribution in [2.45, 2.75) is 11.3 Å². The average Bonchev–Trinajstić information content (AvgIpc) is 2.31. The van der Waals surface area contributed by atoms with E-state index in [2.05, 4.69) is 10.6 Å². The SMILES string of the molecule is OC1(O)CN[C@@H]2NCC=C2S1. The van der Waals surface area contributed by atoms with Crippen LogP contribution in [-0.4, -0.2) is 34.6 Å². The Morgan fingerprint density at radius 3 is 3.18 bits per heavy atom. The Kier molecular flexibility index (Phi) is 1.70. The minimum absolute atomic E-state index is 0.132. The molecule has 4 nitrogen and oxygen atoms in total. The third-order valence-electron chi connectivity index (χ3n) is 1.73. The van der Waals surface area contributed by atoms with Crippen molar-refractivity contribution in [2.24, 2.45) is 0 Å². The number of thioether (sulfide) groups is 1. The summed E-state index contributed by atoms with van der Waals surface area (Å²) >= 11 is 1.11. The summed E-state index contributed by atoms with van der Waals surface area (Å²) in [5.41, 5.74) is 0. The normalized spacial score (nSPS) is 34.7. The maximum Gasteiger partial charge on any atom is 0.230 e. The van der Waals surface area contributed by atoms with E-state index in [0.717, 1.165) is 23.2 Å². The first-order valence-corrected chi connectivity index (χ1v) is 4.30. The van der Waals surface area contributed by atoms with Crippen LogP contribution in [-0.2, 0) is 0 Å². The van der Waals surface area contributed by atoms with Crippen molar-refractivity contribution in [1.29, 1.82) is 0 Å². The Morgan fingerprint density at radius 1 is 1.55 bits per heavy atom. The van der Waals surface area contributed by atoms with Gasteiger partial charge < -0.3 is 10.2 Å². The molecule has 1 fully saturated rings. The lowest BCUT2D eigenvalue weighted by molar-refractivity contribution is -0.0761. The Bertz CT molecular complexity index is 205. The lowest BCUT2D eigenvalue weighted by Gasteiger charge is -2.31. The summed E-state index contributed by atoms with van der Waals surface area (Å²) in [4.78, 5) is 0.973. The molecule has 0 amide bonds. The summed E-state index contributed by atoms with van der Waals surface area (Å²) < 4.78 is 0. The maximum absolute atomic E-state index is 9.21. The monoisotopic (exact) mass is 174 g/mol. The third-order valence-corrected chi connectivity index (χ3v) is 2.84. The number of nitrogens with one attached hydrogen (secondary N) is 2. The standard InChI is InChI=1S/C6H10N2O2S/c9-6(10)3-8-5-4(11-6)1-2-7-5/h1,5,7-10H,2-3H2/t5-/m0/s1. The van der Waals surface area contributed by atoms with E-state index in [4.69, 9.17) is 0 Å². The van der Waals surface area contributed by atoms with Gasteiger partial charge in [-0.15, -0.1) is 0 Å². The Balaban J connectivity index is 2.12. The molecule has 62 valence electrons. The van der Waals surface area contributed by atoms with Gasteiger partial charge in [0, 0.05) is 11.4 Å². The second-order valence-corrected chi connectivity index (χ2v) is 4.00. The van der Waals surface area contributed by atoms with Crippen molar-refractivity contribution in [3.63, 3.8) is 0 Å². The third kappa shape index (κ3) is 1.43. The number of fused-ring (bicyclic) bond motifs is 1. The molecule has 5 heteroatoms. The van der Waals surface area contributed by atoms with Gasteiger partial charge in [-0.1, -0.05) is 17.8 Å². The number of rotatable bonds is 0. The van der Waals surface area contributed by atoms with Crippen LogP contribution in [0.5, 0.6) is 0 Å². The topological polar surface area (TPSA) is 64.5 Å².